The Morgan fingerprint density at radius 2 is 1.96 bits per heavy atom. The molecule has 120 valence electrons. The lowest BCUT2D eigenvalue weighted by molar-refractivity contribution is 0.0951. The summed E-state index contributed by atoms with van der Waals surface area (Å²) in [5.41, 5.74) is 1.45. The van der Waals surface area contributed by atoms with E-state index in [1.54, 1.807) is 25.6 Å². The SMILES string of the molecule is COc1ncccc1CNC(=O)c1cccnc1N1CCCC1. The molecule has 1 aliphatic heterocycles. The van der Waals surface area contributed by atoms with Gasteiger partial charge < -0.3 is 15.0 Å². The second kappa shape index (κ2) is 7.09. The number of ether oxygens (including phenoxy) is 1. The molecule has 0 atom stereocenters. The van der Waals surface area contributed by atoms with Gasteiger partial charge in [0.25, 0.3) is 5.91 Å². The molecule has 6 nitrogen and oxygen atoms in total. The number of carbonyl (C=O) groups excluding carboxylic acids is 1. The molecule has 1 amide bonds. The Labute approximate surface area is 135 Å². The molecule has 3 rings (SSSR count). The number of hydrogen-bond donors (Lipinski definition) is 1. The summed E-state index contributed by atoms with van der Waals surface area (Å²) in [6, 6.07) is 7.32. The Morgan fingerprint density at radius 1 is 1.22 bits per heavy atom. The Hall–Kier alpha value is -2.63. The number of nitrogens with zero attached hydrogens (tertiary/aromatic N) is 3. The van der Waals surface area contributed by atoms with Gasteiger partial charge in [0.2, 0.25) is 5.88 Å². The molecule has 0 aromatic carbocycles. The van der Waals surface area contributed by atoms with E-state index in [1.807, 2.05) is 18.2 Å². The molecule has 0 spiro atoms. The van der Waals surface area contributed by atoms with Crippen LogP contribution in [0.15, 0.2) is 36.7 Å². The molecule has 6 heteroatoms. The zero-order valence-corrected chi connectivity index (χ0v) is 13.2. The van der Waals surface area contributed by atoms with E-state index >= 15 is 0 Å². The van der Waals surface area contributed by atoms with E-state index in [0.717, 1.165) is 37.3 Å². The van der Waals surface area contributed by atoms with Gasteiger partial charge in [-0.15, -0.1) is 0 Å². The number of aromatic nitrogens is 2. The van der Waals surface area contributed by atoms with Gasteiger partial charge in [-0.05, 0) is 31.0 Å². The minimum absolute atomic E-state index is 0.133. The third-order valence-corrected chi connectivity index (χ3v) is 3.92. The zero-order valence-electron chi connectivity index (χ0n) is 13.2. The van der Waals surface area contributed by atoms with Crippen molar-refractivity contribution in [1.29, 1.82) is 0 Å². The van der Waals surface area contributed by atoms with Gasteiger partial charge in [0.1, 0.15) is 5.82 Å². The molecule has 1 N–H and O–H groups in total. The van der Waals surface area contributed by atoms with Crippen molar-refractivity contribution in [3.05, 3.63) is 47.8 Å². The van der Waals surface area contributed by atoms with Crippen molar-refractivity contribution in [2.45, 2.75) is 19.4 Å². The molecule has 0 bridgehead atoms. The molecule has 1 saturated heterocycles. The van der Waals surface area contributed by atoms with Gasteiger partial charge in [0.05, 0.1) is 12.7 Å². The molecule has 23 heavy (non-hydrogen) atoms. The summed E-state index contributed by atoms with van der Waals surface area (Å²) in [6.07, 6.45) is 5.68. The summed E-state index contributed by atoms with van der Waals surface area (Å²) in [5, 5.41) is 2.93. The first-order chi connectivity index (χ1) is 11.3. The monoisotopic (exact) mass is 312 g/mol. The molecule has 0 unspecified atom stereocenters. The van der Waals surface area contributed by atoms with E-state index in [-0.39, 0.29) is 5.91 Å². The van der Waals surface area contributed by atoms with Crippen LogP contribution in [0.1, 0.15) is 28.8 Å². The average molecular weight is 312 g/mol. The minimum Gasteiger partial charge on any atom is -0.481 e. The quantitative estimate of drug-likeness (QED) is 0.915. The number of carbonyl (C=O) groups is 1. The summed E-state index contributed by atoms with van der Waals surface area (Å²) < 4.78 is 5.21. The predicted octanol–water partition coefficient (Wildman–Crippen LogP) is 2.02. The van der Waals surface area contributed by atoms with Gasteiger partial charge in [-0.1, -0.05) is 6.07 Å². The summed E-state index contributed by atoms with van der Waals surface area (Å²) in [6.45, 7) is 2.27. The van der Waals surface area contributed by atoms with Crippen LogP contribution < -0.4 is 15.0 Å². The molecule has 2 aromatic rings. The first-order valence-corrected chi connectivity index (χ1v) is 7.75. The lowest BCUT2D eigenvalue weighted by Crippen LogP contribution is -2.28. The number of rotatable bonds is 5. The number of methoxy groups -OCH3 is 1. The van der Waals surface area contributed by atoms with Crippen molar-refractivity contribution in [1.82, 2.24) is 15.3 Å². The number of nitrogens with one attached hydrogen (secondary N) is 1. The van der Waals surface area contributed by atoms with Gasteiger partial charge in [0.15, 0.2) is 0 Å². The van der Waals surface area contributed by atoms with Crippen LogP contribution in [0.3, 0.4) is 0 Å². The van der Waals surface area contributed by atoms with E-state index in [0.29, 0.717) is 18.0 Å². The fraction of sp³-hybridized carbons (Fsp3) is 0.353. The molecule has 3 heterocycles. The van der Waals surface area contributed by atoms with Gasteiger partial charge in [-0.25, -0.2) is 9.97 Å². The normalized spacial score (nSPS) is 13.9. The Bertz CT molecular complexity index is 684. The van der Waals surface area contributed by atoms with E-state index in [2.05, 4.69) is 20.2 Å². The third kappa shape index (κ3) is 3.41. The highest BCUT2D eigenvalue weighted by molar-refractivity contribution is 5.98. The summed E-state index contributed by atoms with van der Waals surface area (Å²) in [5.74, 6) is 1.16. The van der Waals surface area contributed by atoms with Gasteiger partial charge >= 0.3 is 0 Å². The Morgan fingerprint density at radius 3 is 2.74 bits per heavy atom. The molecule has 0 saturated carbocycles. The summed E-state index contributed by atoms with van der Waals surface area (Å²) >= 11 is 0. The second-order valence-electron chi connectivity index (χ2n) is 5.42. The first kappa shape index (κ1) is 15.3. The maximum Gasteiger partial charge on any atom is 0.255 e. The number of hydrogen-bond acceptors (Lipinski definition) is 5. The highest BCUT2D eigenvalue weighted by Gasteiger charge is 2.20. The van der Waals surface area contributed by atoms with Crippen LogP contribution >= 0.6 is 0 Å². The highest BCUT2D eigenvalue weighted by Crippen LogP contribution is 2.22. The number of amides is 1. The van der Waals surface area contributed by atoms with Crippen molar-refractivity contribution >= 4 is 11.7 Å². The Balaban J connectivity index is 1.73. The molecular formula is C17H20N4O2. The standard InChI is InChI=1S/C17H20N4O2/c1-23-17-13(6-4-9-19-17)12-20-16(22)14-7-5-8-18-15(14)21-10-2-3-11-21/h4-9H,2-3,10-12H2,1H3,(H,20,22). The van der Waals surface area contributed by atoms with Crippen molar-refractivity contribution in [2.75, 3.05) is 25.1 Å². The van der Waals surface area contributed by atoms with Crippen LogP contribution in [0.4, 0.5) is 5.82 Å². The molecule has 2 aromatic heterocycles. The van der Waals surface area contributed by atoms with Crippen LogP contribution in [0.25, 0.3) is 0 Å². The fourth-order valence-corrected chi connectivity index (χ4v) is 2.77. The van der Waals surface area contributed by atoms with Gasteiger partial charge in [-0.3, -0.25) is 4.79 Å². The molecule has 1 fully saturated rings. The highest BCUT2D eigenvalue weighted by atomic mass is 16.5. The lowest BCUT2D eigenvalue weighted by atomic mass is 10.2. The van der Waals surface area contributed by atoms with Crippen molar-refractivity contribution < 1.29 is 9.53 Å². The zero-order chi connectivity index (χ0) is 16.1. The maximum absolute atomic E-state index is 12.6. The number of pyridine rings is 2. The summed E-state index contributed by atoms with van der Waals surface area (Å²) in [7, 11) is 1.57. The predicted molar refractivity (Wildman–Crippen MR) is 87.6 cm³/mol. The minimum atomic E-state index is -0.133. The molecular weight excluding hydrogens is 292 g/mol. The third-order valence-electron chi connectivity index (χ3n) is 3.92. The smallest absolute Gasteiger partial charge is 0.255 e. The van der Waals surface area contributed by atoms with Gasteiger partial charge in [0, 0.05) is 37.6 Å². The summed E-state index contributed by atoms with van der Waals surface area (Å²) in [4.78, 5) is 23.3. The molecule has 0 radical (unpaired) electrons. The first-order valence-electron chi connectivity index (χ1n) is 7.75. The average Bonchev–Trinajstić information content (AvgIpc) is 3.14. The fourth-order valence-electron chi connectivity index (χ4n) is 2.77. The largest absolute Gasteiger partial charge is 0.481 e. The van der Waals surface area contributed by atoms with Crippen LogP contribution in [-0.4, -0.2) is 36.1 Å². The second-order valence-corrected chi connectivity index (χ2v) is 5.42. The van der Waals surface area contributed by atoms with E-state index < -0.39 is 0 Å². The van der Waals surface area contributed by atoms with Crippen LogP contribution in [0.5, 0.6) is 5.88 Å². The van der Waals surface area contributed by atoms with E-state index in [4.69, 9.17) is 4.74 Å². The van der Waals surface area contributed by atoms with E-state index in [1.165, 1.54) is 0 Å². The van der Waals surface area contributed by atoms with Crippen LogP contribution in [0.2, 0.25) is 0 Å². The van der Waals surface area contributed by atoms with Gasteiger partial charge in [-0.2, -0.15) is 0 Å². The number of anilines is 1. The van der Waals surface area contributed by atoms with Crippen LogP contribution in [0, 0.1) is 0 Å². The van der Waals surface area contributed by atoms with E-state index in [9.17, 15) is 4.79 Å². The van der Waals surface area contributed by atoms with Crippen molar-refractivity contribution in [3.63, 3.8) is 0 Å². The maximum atomic E-state index is 12.6. The molecule has 0 aliphatic carbocycles. The Kier molecular flexibility index (Phi) is 4.71. The van der Waals surface area contributed by atoms with Crippen LogP contribution in [-0.2, 0) is 6.54 Å². The topological polar surface area (TPSA) is 67.3 Å². The molecule has 1 aliphatic rings. The van der Waals surface area contributed by atoms with Crippen molar-refractivity contribution in [3.8, 4) is 5.88 Å². The van der Waals surface area contributed by atoms with Crippen molar-refractivity contribution in [2.24, 2.45) is 0 Å². The lowest BCUT2D eigenvalue weighted by Gasteiger charge is -2.19.